The van der Waals surface area contributed by atoms with Crippen molar-refractivity contribution in [1.82, 2.24) is 4.98 Å². The van der Waals surface area contributed by atoms with Gasteiger partial charge in [-0.25, -0.2) is 0 Å². The molecule has 1 aromatic carbocycles. The van der Waals surface area contributed by atoms with Crippen LogP contribution in [-0.2, 0) is 6.54 Å². The van der Waals surface area contributed by atoms with E-state index in [1.807, 2.05) is 12.1 Å². The lowest BCUT2D eigenvalue weighted by Crippen LogP contribution is -2.00. The Morgan fingerprint density at radius 3 is 2.53 bits per heavy atom. The summed E-state index contributed by atoms with van der Waals surface area (Å²) in [6.07, 6.45) is 1.80. The van der Waals surface area contributed by atoms with Crippen LogP contribution in [-0.4, -0.2) is 4.98 Å². The van der Waals surface area contributed by atoms with E-state index in [-0.39, 0.29) is 0 Å². The third-order valence-electron chi connectivity index (χ3n) is 2.44. The van der Waals surface area contributed by atoms with Gasteiger partial charge in [-0.2, -0.15) is 0 Å². The van der Waals surface area contributed by atoms with Gasteiger partial charge < -0.3 is 5.73 Å². The van der Waals surface area contributed by atoms with Gasteiger partial charge in [0.25, 0.3) is 0 Å². The van der Waals surface area contributed by atoms with Crippen molar-refractivity contribution in [3.63, 3.8) is 0 Å². The molecule has 0 atom stereocenters. The zero-order valence-electron chi connectivity index (χ0n) is 8.77. The molecule has 0 unspecified atom stereocenters. The van der Waals surface area contributed by atoms with E-state index >= 15 is 0 Å². The Bertz CT molecular complexity index is 446. The number of aromatic nitrogens is 1. The predicted molar refractivity (Wildman–Crippen MR) is 62.3 cm³/mol. The van der Waals surface area contributed by atoms with Gasteiger partial charge in [0.2, 0.25) is 0 Å². The first-order valence-corrected chi connectivity index (χ1v) is 5.02. The largest absolute Gasteiger partial charge is 0.326 e. The Hall–Kier alpha value is -1.67. The molecule has 0 spiro atoms. The van der Waals surface area contributed by atoms with E-state index in [0.717, 1.165) is 16.8 Å². The average Bonchev–Trinajstić information content (AvgIpc) is 2.30. The fraction of sp³-hybridized carbons (Fsp3) is 0.154. The summed E-state index contributed by atoms with van der Waals surface area (Å²) in [6.45, 7) is 2.60. The standard InChI is InChI=1S/C13H14N2/c1-10-4-6-11(7-5-10)13-12(9-14)3-2-8-15-13/h2-8H,9,14H2,1H3. The molecule has 15 heavy (non-hydrogen) atoms. The van der Waals surface area contributed by atoms with Crippen molar-refractivity contribution in [3.05, 3.63) is 53.7 Å². The van der Waals surface area contributed by atoms with Crippen molar-refractivity contribution in [2.24, 2.45) is 5.73 Å². The van der Waals surface area contributed by atoms with Gasteiger partial charge in [-0.15, -0.1) is 0 Å². The maximum absolute atomic E-state index is 5.68. The summed E-state index contributed by atoms with van der Waals surface area (Å²) in [6, 6.07) is 12.3. The van der Waals surface area contributed by atoms with Crippen LogP contribution in [0, 0.1) is 6.92 Å². The number of aryl methyl sites for hydroxylation is 1. The maximum atomic E-state index is 5.68. The molecule has 0 saturated carbocycles. The van der Waals surface area contributed by atoms with Gasteiger partial charge in [0.05, 0.1) is 5.69 Å². The van der Waals surface area contributed by atoms with E-state index in [4.69, 9.17) is 5.73 Å². The molecule has 0 bridgehead atoms. The zero-order chi connectivity index (χ0) is 10.7. The highest BCUT2D eigenvalue weighted by molar-refractivity contribution is 5.63. The third-order valence-corrected chi connectivity index (χ3v) is 2.44. The van der Waals surface area contributed by atoms with Crippen molar-refractivity contribution in [3.8, 4) is 11.3 Å². The first kappa shape index (κ1) is 9.87. The summed E-state index contributed by atoms with van der Waals surface area (Å²) in [7, 11) is 0. The normalized spacial score (nSPS) is 10.3. The molecule has 1 heterocycles. The first-order valence-electron chi connectivity index (χ1n) is 5.02. The second kappa shape index (κ2) is 4.24. The molecule has 0 aliphatic carbocycles. The van der Waals surface area contributed by atoms with Crippen LogP contribution in [0.2, 0.25) is 0 Å². The number of nitrogens with zero attached hydrogens (tertiary/aromatic N) is 1. The van der Waals surface area contributed by atoms with Gasteiger partial charge in [0, 0.05) is 18.3 Å². The maximum Gasteiger partial charge on any atom is 0.0746 e. The van der Waals surface area contributed by atoms with E-state index in [1.54, 1.807) is 6.20 Å². The molecule has 0 radical (unpaired) electrons. The highest BCUT2D eigenvalue weighted by Gasteiger charge is 2.03. The van der Waals surface area contributed by atoms with E-state index < -0.39 is 0 Å². The lowest BCUT2D eigenvalue weighted by molar-refractivity contribution is 1.05. The minimum absolute atomic E-state index is 0.525. The molecule has 76 valence electrons. The van der Waals surface area contributed by atoms with Crippen LogP contribution >= 0.6 is 0 Å². The Balaban J connectivity index is 2.49. The van der Waals surface area contributed by atoms with Crippen LogP contribution in [0.25, 0.3) is 11.3 Å². The number of pyridine rings is 1. The lowest BCUT2D eigenvalue weighted by Gasteiger charge is -2.06. The summed E-state index contributed by atoms with van der Waals surface area (Å²) in [5, 5.41) is 0. The summed E-state index contributed by atoms with van der Waals surface area (Å²) < 4.78 is 0. The molecule has 0 fully saturated rings. The Morgan fingerprint density at radius 2 is 1.87 bits per heavy atom. The number of nitrogens with two attached hydrogens (primary N) is 1. The molecule has 1 aromatic heterocycles. The SMILES string of the molecule is Cc1ccc(-c2ncccc2CN)cc1. The van der Waals surface area contributed by atoms with Gasteiger partial charge in [0.15, 0.2) is 0 Å². The van der Waals surface area contributed by atoms with Crippen LogP contribution in [0.3, 0.4) is 0 Å². The topological polar surface area (TPSA) is 38.9 Å². The molecular formula is C13H14N2. The molecule has 2 N–H and O–H groups in total. The van der Waals surface area contributed by atoms with E-state index in [2.05, 4.69) is 36.2 Å². The molecule has 2 rings (SSSR count). The predicted octanol–water partition coefficient (Wildman–Crippen LogP) is 2.52. The fourth-order valence-corrected chi connectivity index (χ4v) is 1.57. The number of hydrogen-bond acceptors (Lipinski definition) is 2. The average molecular weight is 198 g/mol. The van der Waals surface area contributed by atoms with Crippen LogP contribution in [0.5, 0.6) is 0 Å². The van der Waals surface area contributed by atoms with Gasteiger partial charge >= 0.3 is 0 Å². The Kier molecular flexibility index (Phi) is 2.79. The van der Waals surface area contributed by atoms with Gasteiger partial charge in [-0.1, -0.05) is 35.9 Å². The van der Waals surface area contributed by atoms with Crippen molar-refractivity contribution >= 4 is 0 Å². The van der Waals surface area contributed by atoms with E-state index in [1.165, 1.54) is 5.56 Å². The number of hydrogen-bond donors (Lipinski definition) is 1. The monoisotopic (exact) mass is 198 g/mol. The van der Waals surface area contributed by atoms with E-state index in [9.17, 15) is 0 Å². The first-order chi connectivity index (χ1) is 7.31. The summed E-state index contributed by atoms with van der Waals surface area (Å²) in [5.41, 5.74) is 10.1. The molecule has 0 aliphatic heterocycles. The second-order valence-corrected chi connectivity index (χ2v) is 3.58. The van der Waals surface area contributed by atoms with Gasteiger partial charge in [-0.05, 0) is 18.6 Å². The smallest absolute Gasteiger partial charge is 0.0746 e. The van der Waals surface area contributed by atoms with Crippen LogP contribution in [0.15, 0.2) is 42.6 Å². The fourth-order valence-electron chi connectivity index (χ4n) is 1.57. The van der Waals surface area contributed by atoms with Gasteiger partial charge in [0.1, 0.15) is 0 Å². The number of rotatable bonds is 2. The second-order valence-electron chi connectivity index (χ2n) is 3.58. The van der Waals surface area contributed by atoms with Crippen molar-refractivity contribution < 1.29 is 0 Å². The van der Waals surface area contributed by atoms with Gasteiger partial charge in [-0.3, -0.25) is 4.98 Å². The van der Waals surface area contributed by atoms with Crippen molar-refractivity contribution in [2.75, 3.05) is 0 Å². The van der Waals surface area contributed by atoms with E-state index in [0.29, 0.717) is 6.54 Å². The van der Waals surface area contributed by atoms with Crippen LogP contribution in [0.4, 0.5) is 0 Å². The highest BCUT2D eigenvalue weighted by atomic mass is 14.7. The molecule has 0 saturated heterocycles. The molecular weight excluding hydrogens is 184 g/mol. The summed E-state index contributed by atoms with van der Waals surface area (Å²) in [5.74, 6) is 0. The molecule has 2 heteroatoms. The highest BCUT2D eigenvalue weighted by Crippen LogP contribution is 2.20. The minimum atomic E-state index is 0.525. The molecule has 2 nitrogen and oxygen atoms in total. The quantitative estimate of drug-likeness (QED) is 0.805. The molecule has 2 aromatic rings. The molecule has 0 aliphatic rings. The summed E-state index contributed by atoms with van der Waals surface area (Å²) in [4.78, 5) is 4.37. The van der Waals surface area contributed by atoms with Crippen molar-refractivity contribution in [2.45, 2.75) is 13.5 Å². The zero-order valence-corrected chi connectivity index (χ0v) is 8.77. The molecule has 0 amide bonds. The lowest BCUT2D eigenvalue weighted by atomic mass is 10.0. The Morgan fingerprint density at radius 1 is 1.13 bits per heavy atom. The third kappa shape index (κ3) is 2.05. The van der Waals surface area contributed by atoms with Crippen LogP contribution in [0.1, 0.15) is 11.1 Å². The summed E-state index contributed by atoms with van der Waals surface area (Å²) >= 11 is 0. The van der Waals surface area contributed by atoms with Crippen LogP contribution < -0.4 is 5.73 Å². The Labute approximate surface area is 89.8 Å². The number of benzene rings is 1. The minimum Gasteiger partial charge on any atom is -0.326 e. The van der Waals surface area contributed by atoms with Crippen molar-refractivity contribution in [1.29, 1.82) is 0 Å².